The number of aromatic amines is 1. The topological polar surface area (TPSA) is 54.7 Å². The first kappa shape index (κ1) is 9.05. The number of alkyl halides is 3. The third-order valence-electron chi connectivity index (χ3n) is 1.38. The van der Waals surface area contributed by atoms with E-state index in [-0.39, 0.29) is 5.69 Å². The van der Waals surface area contributed by atoms with Gasteiger partial charge in [0.25, 0.3) is 0 Å². The smallest absolute Gasteiger partial charge is 0.323 e. The van der Waals surface area contributed by atoms with E-state index in [1.165, 1.54) is 0 Å². The molecule has 0 aliphatic rings. The molecular formula is C6H8F3N3. The van der Waals surface area contributed by atoms with Crippen LogP contribution in [0.25, 0.3) is 0 Å². The fourth-order valence-electron chi connectivity index (χ4n) is 0.715. The minimum absolute atomic E-state index is 0.280. The monoisotopic (exact) mass is 179 g/mol. The van der Waals surface area contributed by atoms with Gasteiger partial charge in [-0.2, -0.15) is 18.3 Å². The molecule has 0 bridgehead atoms. The molecule has 0 saturated heterocycles. The second-order valence-corrected chi connectivity index (χ2v) is 2.49. The quantitative estimate of drug-likeness (QED) is 0.685. The predicted molar refractivity (Wildman–Crippen MR) is 36.2 cm³/mol. The largest absolute Gasteiger partial charge is 0.435 e. The van der Waals surface area contributed by atoms with Gasteiger partial charge >= 0.3 is 6.18 Å². The highest BCUT2D eigenvalue weighted by molar-refractivity contribution is 5.13. The maximum Gasteiger partial charge on any atom is 0.435 e. The van der Waals surface area contributed by atoms with E-state index >= 15 is 0 Å². The van der Waals surface area contributed by atoms with E-state index in [0.29, 0.717) is 0 Å². The van der Waals surface area contributed by atoms with Gasteiger partial charge in [-0.1, -0.05) is 0 Å². The number of rotatable bonds is 1. The van der Waals surface area contributed by atoms with Gasteiger partial charge in [-0.3, -0.25) is 5.10 Å². The molecule has 0 unspecified atom stereocenters. The lowest BCUT2D eigenvalue weighted by Gasteiger charge is -1.99. The summed E-state index contributed by atoms with van der Waals surface area (Å²) in [7, 11) is 0. The Balaban J connectivity index is 2.92. The van der Waals surface area contributed by atoms with Crippen molar-refractivity contribution in [3.8, 4) is 0 Å². The van der Waals surface area contributed by atoms with Crippen LogP contribution in [0.2, 0.25) is 0 Å². The van der Waals surface area contributed by atoms with Gasteiger partial charge in [-0.25, -0.2) is 0 Å². The summed E-state index contributed by atoms with van der Waals surface area (Å²) in [6, 6.07) is 0.443. The number of H-pyrrole nitrogens is 1. The van der Waals surface area contributed by atoms with E-state index in [1.54, 1.807) is 6.92 Å². The molecule has 1 heterocycles. The molecule has 0 fully saturated rings. The van der Waals surface area contributed by atoms with Crippen molar-refractivity contribution in [1.82, 2.24) is 10.2 Å². The van der Waals surface area contributed by atoms with Crippen molar-refractivity contribution in [3.05, 3.63) is 17.5 Å². The molecule has 1 rings (SSSR count). The van der Waals surface area contributed by atoms with Crippen molar-refractivity contribution < 1.29 is 13.2 Å². The van der Waals surface area contributed by atoms with Crippen LogP contribution >= 0.6 is 0 Å². The van der Waals surface area contributed by atoms with Gasteiger partial charge in [0.05, 0.1) is 5.69 Å². The fraction of sp³-hybridized carbons (Fsp3) is 0.500. The van der Waals surface area contributed by atoms with E-state index in [9.17, 15) is 13.2 Å². The molecule has 3 nitrogen and oxygen atoms in total. The van der Waals surface area contributed by atoms with Crippen LogP contribution in [0.3, 0.4) is 0 Å². The molecule has 3 N–H and O–H groups in total. The molecular weight excluding hydrogens is 171 g/mol. The molecule has 0 radical (unpaired) electrons. The molecule has 0 aliphatic heterocycles. The van der Waals surface area contributed by atoms with Gasteiger partial charge in [-0.05, 0) is 13.0 Å². The number of nitrogens with zero attached hydrogens (tertiary/aromatic N) is 1. The zero-order chi connectivity index (χ0) is 9.35. The molecule has 0 saturated carbocycles. The Morgan fingerprint density at radius 3 is 2.42 bits per heavy atom. The van der Waals surface area contributed by atoms with Crippen LogP contribution < -0.4 is 5.73 Å². The molecule has 0 aliphatic carbocycles. The zero-order valence-corrected chi connectivity index (χ0v) is 6.31. The lowest BCUT2D eigenvalue weighted by Crippen LogP contribution is -2.06. The van der Waals surface area contributed by atoms with Gasteiger partial charge in [0.1, 0.15) is 0 Å². The highest BCUT2D eigenvalue weighted by Crippen LogP contribution is 2.28. The Morgan fingerprint density at radius 1 is 1.58 bits per heavy atom. The number of halogens is 3. The molecule has 1 aromatic rings. The van der Waals surface area contributed by atoms with Crippen molar-refractivity contribution in [3.63, 3.8) is 0 Å². The van der Waals surface area contributed by atoms with E-state index in [0.717, 1.165) is 6.07 Å². The summed E-state index contributed by atoms with van der Waals surface area (Å²) in [4.78, 5) is 0. The number of nitrogens with one attached hydrogen (secondary N) is 1. The first-order valence-corrected chi connectivity index (χ1v) is 3.29. The highest BCUT2D eigenvalue weighted by atomic mass is 19.4. The Kier molecular flexibility index (Phi) is 2.10. The minimum atomic E-state index is -4.40. The Hall–Kier alpha value is -1.04. The maximum atomic E-state index is 11.9. The van der Waals surface area contributed by atoms with Gasteiger partial charge in [0.2, 0.25) is 0 Å². The van der Waals surface area contributed by atoms with Crippen molar-refractivity contribution >= 4 is 0 Å². The predicted octanol–water partition coefficient (Wildman–Crippen LogP) is 1.45. The summed E-state index contributed by atoms with van der Waals surface area (Å²) >= 11 is 0. The van der Waals surface area contributed by atoms with Crippen LogP contribution in [0.5, 0.6) is 0 Å². The summed E-state index contributed by atoms with van der Waals surface area (Å²) in [5.41, 5.74) is 4.68. The van der Waals surface area contributed by atoms with Crippen LogP contribution in [-0.4, -0.2) is 10.2 Å². The molecule has 68 valence electrons. The van der Waals surface area contributed by atoms with Crippen LogP contribution in [0.15, 0.2) is 6.07 Å². The zero-order valence-electron chi connectivity index (χ0n) is 6.31. The third kappa shape index (κ3) is 1.76. The van der Waals surface area contributed by atoms with Crippen molar-refractivity contribution in [2.24, 2.45) is 5.73 Å². The SMILES string of the molecule is C[C@H](N)c1cc(C(F)(F)F)n[nH]1. The summed E-state index contributed by atoms with van der Waals surface area (Å²) in [5, 5.41) is 5.30. The van der Waals surface area contributed by atoms with Crippen LogP contribution in [0.1, 0.15) is 24.4 Å². The van der Waals surface area contributed by atoms with Crippen LogP contribution in [0.4, 0.5) is 13.2 Å². The Labute approximate surface area is 66.8 Å². The number of hydrogen-bond acceptors (Lipinski definition) is 2. The van der Waals surface area contributed by atoms with E-state index in [2.05, 4.69) is 10.2 Å². The summed E-state index contributed by atoms with van der Waals surface area (Å²) < 4.78 is 35.8. The van der Waals surface area contributed by atoms with E-state index in [4.69, 9.17) is 5.73 Å². The lowest BCUT2D eigenvalue weighted by atomic mass is 10.2. The normalized spacial score (nSPS) is 14.8. The Bertz CT molecular complexity index is 263. The fourth-order valence-corrected chi connectivity index (χ4v) is 0.715. The minimum Gasteiger partial charge on any atom is -0.323 e. The van der Waals surface area contributed by atoms with Gasteiger partial charge in [0, 0.05) is 6.04 Å². The summed E-state index contributed by atoms with van der Waals surface area (Å²) in [6.45, 7) is 1.58. The third-order valence-corrected chi connectivity index (χ3v) is 1.38. The number of nitrogens with two attached hydrogens (primary N) is 1. The van der Waals surface area contributed by atoms with Crippen molar-refractivity contribution in [2.75, 3.05) is 0 Å². The molecule has 1 atom stereocenters. The lowest BCUT2D eigenvalue weighted by molar-refractivity contribution is -0.141. The summed E-state index contributed by atoms with van der Waals surface area (Å²) in [6.07, 6.45) is -4.40. The number of hydrogen-bond donors (Lipinski definition) is 2. The van der Waals surface area contributed by atoms with Crippen molar-refractivity contribution in [1.29, 1.82) is 0 Å². The molecule has 0 amide bonds. The second-order valence-electron chi connectivity index (χ2n) is 2.49. The van der Waals surface area contributed by atoms with Gasteiger partial charge < -0.3 is 5.73 Å². The average molecular weight is 179 g/mol. The standard InChI is InChI=1S/C6H8F3N3/c1-3(10)4-2-5(12-11-4)6(7,8)9/h2-3H,10H2,1H3,(H,11,12)/t3-/m0/s1. The van der Waals surface area contributed by atoms with Gasteiger partial charge in [0.15, 0.2) is 5.69 Å². The van der Waals surface area contributed by atoms with Crippen molar-refractivity contribution in [2.45, 2.75) is 19.1 Å². The first-order chi connectivity index (χ1) is 5.41. The molecule has 6 heteroatoms. The molecule has 1 aromatic heterocycles. The molecule has 0 spiro atoms. The van der Waals surface area contributed by atoms with E-state index in [1.807, 2.05) is 0 Å². The Morgan fingerprint density at radius 2 is 2.17 bits per heavy atom. The highest BCUT2D eigenvalue weighted by Gasteiger charge is 2.33. The van der Waals surface area contributed by atoms with Gasteiger partial charge in [-0.15, -0.1) is 0 Å². The molecule has 12 heavy (non-hydrogen) atoms. The second kappa shape index (κ2) is 2.78. The van der Waals surface area contributed by atoms with Crippen LogP contribution in [0, 0.1) is 0 Å². The first-order valence-electron chi connectivity index (χ1n) is 3.29. The van der Waals surface area contributed by atoms with E-state index < -0.39 is 17.9 Å². The number of aromatic nitrogens is 2. The molecule has 0 aromatic carbocycles. The van der Waals surface area contributed by atoms with Crippen LogP contribution in [-0.2, 0) is 6.18 Å². The average Bonchev–Trinajstić information content (AvgIpc) is 2.30. The summed E-state index contributed by atoms with van der Waals surface area (Å²) in [5.74, 6) is 0. The maximum absolute atomic E-state index is 11.9.